The molecule has 6 heteroatoms. The zero-order chi connectivity index (χ0) is 12.8. The second-order valence-corrected chi connectivity index (χ2v) is 7.88. The highest BCUT2D eigenvalue weighted by Crippen LogP contribution is 2.28. The second kappa shape index (κ2) is 4.33. The summed E-state index contributed by atoms with van der Waals surface area (Å²) in [5, 5.41) is 8.20. The first-order chi connectivity index (χ1) is 8.58. The molecule has 0 bridgehead atoms. The average Bonchev–Trinajstić information content (AvgIpc) is 2.85. The van der Waals surface area contributed by atoms with Crippen LogP contribution < -0.4 is 0 Å². The van der Waals surface area contributed by atoms with Crippen LogP contribution in [0.1, 0.15) is 50.3 Å². The van der Waals surface area contributed by atoms with Gasteiger partial charge in [-0.05, 0) is 32.6 Å². The fourth-order valence-corrected chi connectivity index (χ4v) is 4.99. The van der Waals surface area contributed by atoms with Crippen LogP contribution in [0.2, 0.25) is 0 Å². The van der Waals surface area contributed by atoms with Gasteiger partial charge in [-0.3, -0.25) is 0 Å². The van der Waals surface area contributed by atoms with Gasteiger partial charge in [0.15, 0.2) is 9.84 Å². The van der Waals surface area contributed by atoms with Crippen molar-refractivity contribution in [2.75, 3.05) is 5.75 Å². The highest BCUT2D eigenvalue weighted by molar-refractivity contribution is 7.92. The molecule has 2 atom stereocenters. The summed E-state index contributed by atoms with van der Waals surface area (Å²) in [5.74, 6) is 2.24. The maximum atomic E-state index is 11.9. The number of hydrogen-bond acceptors (Lipinski definition) is 4. The van der Waals surface area contributed by atoms with Crippen LogP contribution in [0.4, 0.5) is 0 Å². The first kappa shape index (κ1) is 12.1. The molecule has 0 aliphatic carbocycles. The van der Waals surface area contributed by atoms with Gasteiger partial charge >= 0.3 is 0 Å². The van der Waals surface area contributed by atoms with E-state index in [1.54, 1.807) is 0 Å². The Balaban J connectivity index is 1.88. The molecule has 1 saturated heterocycles. The molecule has 1 aromatic heterocycles. The van der Waals surface area contributed by atoms with Crippen molar-refractivity contribution in [3.8, 4) is 0 Å². The van der Waals surface area contributed by atoms with Gasteiger partial charge in [-0.2, -0.15) is 0 Å². The molecule has 0 amide bonds. The van der Waals surface area contributed by atoms with E-state index in [0.29, 0.717) is 18.2 Å². The van der Waals surface area contributed by atoms with Gasteiger partial charge in [0.25, 0.3) is 0 Å². The van der Waals surface area contributed by atoms with E-state index in [0.717, 1.165) is 43.8 Å². The normalized spacial score (nSPS) is 30.3. The molecular weight excluding hydrogens is 250 g/mol. The summed E-state index contributed by atoms with van der Waals surface area (Å²) in [5.41, 5.74) is 0. The van der Waals surface area contributed by atoms with Crippen molar-refractivity contribution in [1.29, 1.82) is 0 Å². The Morgan fingerprint density at radius 2 is 2.11 bits per heavy atom. The molecule has 1 fully saturated rings. The number of aryl methyl sites for hydroxylation is 1. The number of rotatable bonds is 2. The van der Waals surface area contributed by atoms with Crippen molar-refractivity contribution in [1.82, 2.24) is 14.8 Å². The molecule has 18 heavy (non-hydrogen) atoms. The van der Waals surface area contributed by atoms with Crippen LogP contribution in [0.3, 0.4) is 0 Å². The maximum Gasteiger partial charge on any atom is 0.153 e. The standard InChI is InChI=1S/C12H19N3O2S/c1-9-4-2-6-11-13-14-12(15(9)11)8-10-5-3-7-18(10,16)17/h9-10H,2-8H2,1H3. The Morgan fingerprint density at radius 3 is 2.83 bits per heavy atom. The van der Waals surface area contributed by atoms with Gasteiger partial charge in [-0.15, -0.1) is 10.2 Å². The van der Waals surface area contributed by atoms with Gasteiger partial charge in [0.2, 0.25) is 0 Å². The highest BCUT2D eigenvalue weighted by Gasteiger charge is 2.33. The van der Waals surface area contributed by atoms with Crippen molar-refractivity contribution in [3.05, 3.63) is 11.6 Å². The highest BCUT2D eigenvalue weighted by atomic mass is 32.2. The van der Waals surface area contributed by atoms with Crippen LogP contribution in [0.15, 0.2) is 0 Å². The van der Waals surface area contributed by atoms with Crippen molar-refractivity contribution >= 4 is 9.84 Å². The van der Waals surface area contributed by atoms with E-state index in [1.165, 1.54) is 0 Å². The summed E-state index contributed by atoms with van der Waals surface area (Å²) >= 11 is 0. The van der Waals surface area contributed by atoms with Crippen LogP contribution >= 0.6 is 0 Å². The SMILES string of the molecule is CC1CCCc2nnc(CC3CCCS3(=O)=O)n21. The third-order valence-electron chi connectivity index (χ3n) is 4.17. The van der Waals surface area contributed by atoms with E-state index < -0.39 is 9.84 Å². The predicted octanol–water partition coefficient (Wildman–Crippen LogP) is 1.30. The number of nitrogens with zero attached hydrogens (tertiary/aromatic N) is 3. The first-order valence-corrected chi connectivity index (χ1v) is 8.43. The lowest BCUT2D eigenvalue weighted by Crippen LogP contribution is -2.23. The van der Waals surface area contributed by atoms with E-state index in [9.17, 15) is 8.42 Å². The van der Waals surface area contributed by atoms with Crippen LogP contribution in [-0.2, 0) is 22.7 Å². The third-order valence-corrected chi connectivity index (χ3v) is 6.45. The lowest BCUT2D eigenvalue weighted by molar-refractivity contribution is 0.412. The van der Waals surface area contributed by atoms with Crippen molar-refractivity contribution in [2.45, 2.75) is 56.7 Å². The number of sulfone groups is 1. The average molecular weight is 269 g/mol. The summed E-state index contributed by atoms with van der Waals surface area (Å²) < 4.78 is 25.9. The molecule has 0 aromatic carbocycles. The van der Waals surface area contributed by atoms with Gasteiger partial charge in [0, 0.05) is 18.9 Å². The molecule has 2 aliphatic rings. The molecule has 2 aliphatic heterocycles. The Morgan fingerprint density at radius 1 is 1.28 bits per heavy atom. The van der Waals surface area contributed by atoms with E-state index >= 15 is 0 Å². The Labute approximate surface area is 108 Å². The molecule has 0 spiro atoms. The van der Waals surface area contributed by atoms with Gasteiger partial charge in [-0.1, -0.05) is 0 Å². The van der Waals surface area contributed by atoms with Gasteiger partial charge < -0.3 is 4.57 Å². The maximum absolute atomic E-state index is 11.9. The molecule has 0 saturated carbocycles. The lowest BCUT2D eigenvalue weighted by atomic mass is 10.1. The third kappa shape index (κ3) is 1.96. The van der Waals surface area contributed by atoms with E-state index in [1.807, 2.05) is 0 Å². The summed E-state index contributed by atoms with van der Waals surface area (Å²) in [6, 6.07) is 0.405. The minimum atomic E-state index is -2.89. The zero-order valence-corrected chi connectivity index (χ0v) is 11.5. The molecule has 1 aromatic rings. The first-order valence-electron chi connectivity index (χ1n) is 6.72. The molecule has 3 heterocycles. The Bertz CT molecular complexity index is 550. The lowest BCUT2D eigenvalue weighted by Gasteiger charge is -2.23. The molecule has 3 rings (SSSR count). The zero-order valence-electron chi connectivity index (χ0n) is 10.7. The fraction of sp³-hybridized carbons (Fsp3) is 0.833. The van der Waals surface area contributed by atoms with E-state index in [4.69, 9.17) is 0 Å². The number of aromatic nitrogens is 3. The largest absolute Gasteiger partial charge is 0.312 e. The predicted molar refractivity (Wildman–Crippen MR) is 68.2 cm³/mol. The minimum Gasteiger partial charge on any atom is -0.312 e. The van der Waals surface area contributed by atoms with Crippen LogP contribution in [0, 0.1) is 0 Å². The smallest absolute Gasteiger partial charge is 0.153 e. The van der Waals surface area contributed by atoms with Crippen molar-refractivity contribution in [2.24, 2.45) is 0 Å². The molecule has 0 N–H and O–H groups in total. The van der Waals surface area contributed by atoms with Crippen molar-refractivity contribution < 1.29 is 8.42 Å². The van der Waals surface area contributed by atoms with Crippen LogP contribution in [0.25, 0.3) is 0 Å². The fourth-order valence-electron chi connectivity index (χ4n) is 3.15. The molecular formula is C12H19N3O2S. The molecule has 5 nitrogen and oxygen atoms in total. The molecule has 100 valence electrons. The quantitative estimate of drug-likeness (QED) is 0.811. The summed E-state index contributed by atoms with van der Waals surface area (Å²) in [6.07, 6.45) is 5.37. The number of fused-ring (bicyclic) bond motifs is 1. The van der Waals surface area contributed by atoms with Gasteiger partial charge in [0.05, 0.1) is 11.0 Å². The minimum absolute atomic E-state index is 0.236. The second-order valence-electron chi connectivity index (χ2n) is 5.48. The van der Waals surface area contributed by atoms with Crippen molar-refractivity contribution in [3.63, 3.8) is 0 Å². The summed E-state index contributed by atoms with van der Waals surface area (Å²) in [7, 11) is -2.89. The van der Waals surface area contributed by atoms with E-state index in [2.05, 4.69) is 21.7 Å². The number of hydrogen-bond donors (Lipinski definition) is 0. The monoisotopic (exact) mass is 269 g/mol. The summed E-state index contributed by atoms with van der Waals surface area (Å²) in [6.45, 7) is 2.17. The van der Waals surface area contributed by atoms with E-state index in [-0.39, 0.29) is 5.25 Å². The molecule has 0 radical (unpaired) electrons. The topological polar surface area (TPSA) is 64.8 Å². The van der Waals surface area contributed by atoms with Crippen LogP contribution in [0.5, 0.6) is 0 Å². The Kier molecular flexibility index (Phi) is 2.92. The van der Waals surface area contributed by atoms with Gasteiger partial charge in [0.1, 0.15) is 11.6 Å². The van der Waals surface area contributed by atoms with Crippen LogP contribution in [-0.4, -0.2) is 34.2 Å². The Hall–Kier alpha value is -0.910. The summed E-state index contributed by atoms with van der Waals surface area (Å²) in [4.78, 5) is 0. The van der Waals surface area contributed by atoms with Gasteiger partial charge in [-0.25, -0.2) is 8.42 Å². The molecule has 2 unspecified atom stereocenters.